The fraction of sp³-hybridized carbons (Fsp3) is 0.263. The molecular formula is C19H18BrClN2O3. The number of hydrogen-bond acceptors (Lipinski definition) is 3. The maximum absolute atomic E-state index is 12.8. The molecular weight excluding hydrogens is 420 g/mol. The number of halogens is 2. The van der Waals surface area contributed by atoms with Crippen molar-refractivity contribution in [1.82, 2.24) is 10.2 Å². The second-order valence-electron chi connectivity index (χ2n) is 6.22. The number of carbonyl (C=O) groups excluding carboxylic acids is 2. The lowest BCUT2D eigenvalue weighted by Crippen LogP contribution is -2.45. The van der Waals surface area contributed by atoms with Crippen molar-refractivity contribution >= 4 is 39.3 Å². The van der Waals surface area contributed by atoms with Crippen LogP contribution in [0.1, 0.15) is 22.3 Å². The standard InChI is InChI=1S/C19H18BrClN2O3/c20-14-3-1-2-13(8-14)19(26)23-11-16(24)9-17(23)18(25)22-10-12-4-6-15(21)7-5-12/h1-8,16-17,24H,9-11H2,(H,22,25). The summed E-state index contributed by atoms with van der Waals surface area (Å²) in [6, 6.07) is 13.5. The Kier molecular flexibility index (Phi) is 5.96. The van der Waals surface area contributed by atoms with E-state index < -0.39 is 12.1 Å². The molecule has 7 heteroatoms. The molecule has 2 N–H and O–H groups in total. The molecule has 26 heavy (non-hydrogen) atoms. The maximum Gasteiger partial charge on any atom is 0.254 e. The van der Waals surface area contributed by atoms with Crippen molar-refractivity contribution in [2.45, 2.75) is 25.1 Å². The van der Waals surface area contributed by atoms with Crippen molar-refractivity contribution in [3.8, 4) is 0 Å². The van der Waals surface area contributed by atoms with E-state index in [1.54, 1.807) is 30.3 Å². The predicted octanol–water partition coefficient (Wildman–Crippen LogP) is 2.99. The summed E-state index contributed by atoms with van der Waals surface area (Å²) in [6.07, 6.45) is -0.482. The van der Waals surface area contributed by atoms with Crippen molar-refractivity contribution in [3.63, 3.8) is 0 Å². The van der Waals surface area contributed by atoms with Crippen LogP contribution in [0, 0.1) is 0 Å². The first-order chi connectivity index (χ1) is 12.4. The second kappa shape index (κ2) is 8.20. The molecule has 1 aliphatic heterocycles. The van der Waals surface area contributed by atoms with E-state index in [-0.39, 0.29) is 24.8 Å². The fourth-order valence-electron chi connectivity index (χ4n) is 2.98. The van der Waals surface area contributed by atoms with Gasteiger partial charge in [0.25, 0.3) is 5.91 Å². The molecule has 1 aliphatic rings. The van der Waals surface area contributed by atoms with Crippen LogP contribution in [-0.2, 0) is 11.3 Å². The van der Waals surface area contributed by atoms with Crippen LogP contribution >= 0.6 is 27.5 Å². The zero-order valence-corrected chi connectivity index (χ0v) is 16.2. The molecule has 2 amide bonds. The molecule has 5 nitrogen and oxygen atoms in total. The highest BCUT2D eigenvalue weighted by atomic mass is 79.9. The Bertz CT molecular complexity index is 813. The molecule has 2 atom stereocenters. The first-order valence-corrected chi connectivity index (χ1v) is 9.38. The molecule has 2 aromatic rings. The number of benzene rings is 2. The first-order valence-electron chi connectivity index (χ1n) is 8.21. The van der Waals surface area contributed by atoms with Gasteiger partial charge in [-0.25, -0.2) is 0 Å². The Balaban J connectivity index is 1.69. The van der Waals surface area contributed by atoms with Gasteiger partial charge in [-0.2, -0.15) is 0 Å². The van der Waals surface area contributed by atoms with Gasteiger partial charge in [-0.1, -0.05) is 45.7 Å². The number of aliphatic hydroxyl groups excluding tert-OH is 1. The summed E-state index contributed by atoms with van der Waals surface area (Å²) in [6.45, 7) is 0.478. The number of aliphatic hydroxyl groups is 1. The average Bonchev–Trinajstić information content (AvgIpc) is 3.02. The molecule has 2 unspecified atom stereocenters. The van der Waals surface area contributed by atoms with Gasteiger partial charge in [0.05, 0.1) is 6.10 Å². The van der Waals surface area contributed by atoms with Crippen LogP contribution in [0.25, 0.3) is 0 Å². The van der Waals surface area contributed by atoms with E-state index in [1.165, 1.54) is 4.90 Å². The normalized spacial score (nSPS) is 19.4. The van der Waals surface area contributed by atoms with Crippen molar-refractivity contribution < 1.29 is 14.7 Å². The van der Waals surface area contributed by atoms with Crippen molar-refractivity contribution in [3.05, 3.63) is 69.2 Å². The van der Waals surface area contributed by atoms with Gasteiger partial charge in [-0.05, 0) is 35.9 Å². The zero-order valence-electron chi connectivity index (χ0n) is 13.9. The Hall–Kier alpha value is -1.89. The quantitative estimate of drug-likeness (QED) is 0.772. The Morgan fingerprint density at radius 2 is 1.96 bits per heavy atom. The summed E-state index contributed by atoms with van der Waals surface area (Å²) in [5.41, 5.74) is 1.38. The molecule has 0 bridgehead atoms. The van der Waals surface area contributed by atoms with Gasteiger partial charge in [0, 0.05) is 34.6 Å². The van der Waals surface area contributed by atoms with Crippen LogP contribution in [0.5, 0.6) is 0 Å². The highest BCUT2D eigenvalue weighted by Crippen LogP contribution is 2.22. The van der Waals surface area contributed by atoms with Crippen molar-refractivity contribution in [1.29, 1.82) is 0 Å². The number of nitrogens with one attached hydrogen (secondary N) is 1. The van der Waals surface area contributed by atoms with Crippen LogP contribution in [0.4, 0.5) is 0 Å². The molecule has 0 aromatic heterocycles. The van der Waals surface area contributed by atoms with Crippen LogP contribution < -0.4 is 5.32 Å². The van der Waals surface area contributed by atoms with E-state index >= 15 is 0 Å². The molecule has 0 spiro atoms. The lowest BCUT2D eigenvalue weighted by Gasteiger charge is -2.24. The minimum absolute atomic E-state index is 0.143. The maximum atomic E-state index is 12.8. The molecule has 0 radical (unpaired) electrons. The number of likely N-dealkylation sites (tertiary alicyclic amines) is 1. The van der Waals surface area contributed by atoms with Crippen LogP contribution in [0.3, 0.4) is 0 Å². The van der Waals surface area contributed by atoms with E-state index in [1.807, 2.05) is 18.2 Å². The van der Waals surface area contributed by atoms with Crippen LogP contribution in [0.2, 0.25) is 5.02 Å². The third-order valence-electron chi connectivity index (χ3n) is 4.29. The van der Waals surface area contributed by atoms with Gasteiger partial charge >= 0.3 is 0 Å². The summed E-state index contributed by atoms with van der Waals surface area (Å²) in [5, 5.41) is 13.4. The number of carbonyl (C=O) groups is 2. The molecule has 0 aliphatic carbocycles. The highest BCUT2D eigenvalue weighted by molar-refractivity contribution is 9.10. The van der Waals surface area contributed by atoms with Gasteiger partial charge in [-0.3, -0.25) is 9.59 Å². The summed E-state index contributed by atoms with van der Waals surface area (Å²) in [5.74, 6) is -0.547. The van der Waals surface area contributed by atoms with E-state index in [4.69, 9.17) is 11.6 Å². The number of amides is 2. The number of rotatable bonds is 4. The average molecular weight is 438 g/mol. The minimum Gasteiger partial charge on any atom is -0.391 e. The van der Waals surface area contributed by atoms with Crippen LogP contribution in [0.15, 0.2) is 53.0 Å². The monoisotopic (exact) mass is 436 g/mol. The van der Waals surface area contributed by atoms with Gasteiger partial charge in [-0.15, -0.1) is 0 Å². The largest absolute Gasteiger partial charge is 0.391 e. The SMILES string of the molecule is O=C(NCc1ccc(Cl)cc1)C1CC(O)CN1C(=O)c1cccc(Br)c1. The zero-order chi connectivity index (χ0) is 18.7. The molecule has 2 aromatic carbocycles. The third kappa shape index (κ3) is 4.44. The molecule has 136 valence electrons. The van der Waals surface area contributed by atoms with Gasteiger partial charge in [0.1, 0.15) is 6.04 Å². The molecule has 0 saturated carbocycles. The lowest BCUT2D eigenvalue weighted by molar-refractivity contribution is -0.125. The van der Waals surface area contributed by atoms with Crippen molar-refractivity contribution in [2.75, 3.05) is 6.54 Å². The molecule has 1 fully saturated rings. The highest BCUT2D eigenvalue weighted by Gasteiger charge is 2.39. The Labute approximate surface area is 165 Å². The molecule has 3 rings (SSSR count). The Morgan fingerprint density at radius 1 is 1.23 bits per heavy atom. The summed E-state index contributed by atoms with van der Waals surface area (Å²) in [7, 11) is 0. The Morgan fingerprint density at radius 3 is 2.65 bits per heavy atom. The topological polar surface area (TPSA) is 69.6 Å². The molecule has 1 saturated heterocycles. The summed E-state index contributed by atoms with van der Waals surface area (Å²) >= 11 is 9.20. The smallest absolute Gasteiger partial charge is 0.254 e. The van der Waals surface area contributed by atoms with E-state index in [2.05, 4.69) is 21.2 Å². The molecule has 1 heterocycles. The third-order valence-corrected chi connectivity index (χ3v) is 5.04. The van der Waals surface area contributed by atoms with Gasteiger partial charge < -0.3 is 15.3 Å². The van der Waals surface area contributed by atoms with Gasteiger partial charge in [0.15, 0.2) is 0 Å². The fourth-order valence-corrected chi connectivity index (χ4v) is 3.51. The predicted molar refractivity (Wildman–Crippen MR) is 103 cm³/mol. The van der Waals surface area contributed by atoms with E-state index in [0.29, 0.717) is 17.1 Å². The van der Waals surface area contributed by atoms with Crippen molar-refractivity contribution in [2.24, 2.45) is 0 Å². The van der Waals surface area contributed by atoms with E-state index in [0.717, 1.165) is 10.0 Å². The number of hydrogen-bond donors (Lipinski definition) is 2. The van der Waals surface area contributed by atoms with Crippen LogP contribution in [-0.4, -0.2) is 40.5 Å². The second-order valence-corrected chi connectivity index (χ2v) is 7.57. The number of nitrogens with zero attached hydrogens (tertiary/aromatic N) is 1. The number of β-amino-alcohol motifs (C(OH)–C–C–N with tert-alkyl or cyclic N) is 1. The first kappa shape index (κ1) is 18.9. The van der Waals surface area contributed by atoms with Gasteiger partial charge in [0.2, 0.25) is 5.91 Å². The van der Waals surface area contributed by atoms with E-state index in [9.17, 15) is 14.7 Å². The summed E-state index contributed by atoms with van der Waals surface area (Å²) in [4.78, 5) is 26.8. The minimum atomic E-state index is -0.711. The lowest BCUT2D eigenvalue weighted by atomic mass is 10.1. The summed E-state index contributed by atoms with van der Waals surface area (Å²) < 4.78 is 0.784.